The van der Waals surface area contributed by atoms with Crippen molar-refractivity contribution in [1.82, 2.24) is 5.01 Å². The van der Waals surface area contributed by atoms with E-state index in [-0.39, 0.29) is 12.3 Å². The smallest absolute Gasteiger partial charge is 0.283 e. The van der Waals surface area contributed by atoms with Gasteiger partial charge in [0.25, 0.3) is 11.8 Å². The molecule has 1 heterocycles. The van der Waals surface area contributed by atoms with Crippen molar-refractivity contribution in [3.63, 3.8) is 0 Å². The monoisotopic (exact) mass is 394 g/mol. The van der Waals surface area contributed by atoms with Gasteiger partial charge in [-0.1, -0.05) is 30.3 Å². The Bertz CT molecular complexity index is 971. The fourth-order valence-corrected chi connectivity index (χ4v) is 3.05. The zero-order valence-electron chi connectivity index (χ0n) is 16.8. The van der Waals surface area contributed by atoms with Gasteiger partial charge in [0, 0.05) is 0 Å². The number of ether oxygens (including phenoxy) is 3. The highest BCUT2D eigenvalue weighted by atomic mass is 16.5. The maximum absolute atomic E-state index is 12.8. The van der Waals surface area contributed by atoms with E-state index in [0.29, 0.717) is 34.1 Å². The molecule has 0 saturated carbocycles. The molecular formula is C22H22N2O5. The summed E-state index contributed by atoms with van der Waals surface area (Å²) >= 11 is 0. The first-order valence-corrected chi connectivity index (χ1v) is 8.97. The molecule has 0 fully saturated rings. The Balaban J connectivity index is 1.89. The van der Waals surface area contributed by atoms with Gasteiger partial charge in [-0.3, -0.25) is 9.59 Å². The summed E-state index contributed by atoms with van der Waals surface area (Å²) in [4.78, 5) is 25.4. The van der Waals surface area contributed by atoms with Crippen LogP contribution in [-0.2, 0) is 16.0 Å². The van der Waals surface area contributed by atoms with Crippen molar-refractivity contribution in [2.45, 2.75) is 13.3 Å². The molecule has 0 bridgehead atoms. The van der Waals surface area contributed by atoms with Crippen LogP contribution < -0.4 is 14.2 Å². The van der Waals surface area contributed by atoms with E-state index in [2.05, 4.69) is 5.10 Å². The van der Waals surface area contributed by atoms with Gasteiger partial charge in [0.15, 0.2) is 11.5 Å². The number of carbonyl (C=O) groups excluding carboxylic acids is 2. The first kappa shape index (κ1) is 20.1. The topological polar surface area (TPSA) is 77.4 Å². The first-order chi connectivity index (χ1) is 14.0. The van der Waals surface area contributed by atoms with Crippen LogP contribution >= 0.6 is 0 Å². The van der Waals surface area contributed by atoms with Crippen molar-refractivity contribution in [3.05, 3.63) is 59.2 Å². The van der Waals surface area contributed by atoms with E-state index in [9.17, 15) is 9.59 Å². The van der Waals surface area contributed by atoms with Crippen LogP contribution in [0.5, 0.6) is 17.2 Å². The number of methoxy groups -OCH3 is 3. The van der Waals surface area contributed by atoms with Gasteiger partial charge in [-0.25, -0.2) is 0 Å². The highest BCUT2D eigenvalue weighted by molar-refractivity contribution is 6.29. The molecule has 0 aliphatic carbocycles. The van der Waals surface area contributed by atoms with Crippen molar-refractivity contribution in [2.75, 3.05) is 21.3 Å². The van der Waals surface area contributed by atoms with E-state index in [1.165, 1.54) is 21.3 Å². The number of amides is 2. The van der Waals surface area contributed by atoms with Gasteiger partial charge in [0.1, 0.15) is 0 Å². The lowest BCUT2D eigenvalue weighted by Crippen LogP contribution is -2.30. The second-order valence-corrected chi connectivity index (χ2v) is 6.38. The summed E-state index contributed by atoms with van der Waals surface area (Å²) in [6.07, 6.45) is 1.75. The summed E-state index contributed by atoms with van der Waals surface area (Å²) in [6, 6.07) is 12.7. The number of imide groups is 1. The zero-order valence-corrected chi connectivity index (χ0v) is 16.8. The number of nitrogens with zero attached hydrogens (tertiary/aromatic N) is 2. The second kappa shape index (κ2) is 8.60. The van der Waals surface area contributed by atoms with Crippen LogP contribution in [0.3, 0.4) is 0 Å². The molecule has 0 unspecified atom stereocenters. The van der Waals surface area contributed by atoms with E-state index in [1.54, 1.807) is 25.1 Å². The Hall–Kier alpha value is -3.61. The number of hydrogen-bond acceptors (Lipinski definition) is 6. The van der Waals surface area contributed by atoms with Gasteiger partial charge in [-0.2, -0.15) is 10.1 Å². The van der Waals surface area contributed by atoms with Crippen molar-refractivity contribution < 1.29 is 23.8 Å². The van der Waals surface area contributed by atoms with Crippen molar-refractivity contribution in [3.8, 4) is 17.2 Å². The van der Waals surface area contributed by atoms with E-state index in [1.807, 2.05) is 30.3 Å². The minimum atomic E-state index is -0.461. The molecule has 0 N–H and O–H groups in total. The van der Waals surface area contributed by atoms with Crippen LogP contribution in [0.25, 0.3) is 6.08 Å². The summed E-state index contributed by atoms with van der Waals surface area (Å²) in [6.45, 7) is 1.69. The fourth-order valence-electron chi connectivity index (χ4n) is 3.05. The van der Waals surface area contributed by atoms with E-state index < -0.39 is 5.91 Å². The van der Waals surface area contributed by atoms with Crippen LogP contribution in [0.1, 0.15) is 18.1 Å². The van der Waals surface area contributed by atoms with Gasteiger partial charge in [-0.05, 0) is 36.3 Å². The first-order valence-electron chi connectivity index (χ1n) is 8.97. The lowest BCUT2D eigenvalue weighted by atomic mass is 10.1. The third-order valence-electron chi connectivity index (χ3n) is 4.50. The Morgan fingerprint density at radius 3 is 2.21 bits per heavy atom. The number of hydrogen-bond donors (Lipinski definition) is 0. The van der Waals surface area contributed by atoms with E-state index in [0.717, 1.165) is 10.6 Å². The van der Waals surface area contributed by atoms with E-state index >= 15 is 0 Å². The molecule has 150 valence electrons. The van der Waals surface area contributed by atoms with Gasteiger partial charge in [-0.15, -0.1) is 0 Å². The van der Waals surface area contributed by atoms with Crippen molar-refractivity contribution in [1.29, 1.82) is 0 Å². The molecule has 0 saturated heterocycles. The standard InChI is InChI=1S/C22H22N2O5/c1-14-17(10-16-11-18(27-2)21(29-4)19(12-16)28-3)22(26)24(23-14)20(25)13-15-8-6-5-7-9-15/h5-12H,13H2,1-4H3/b17-10+. The molecule has 0 radical (unpaired) electrons. The highest BCUT2D eigenvalue weighted by Crippen LogP contribution is 2.39. The van der Waals surface area contributed by atoms with Gasteiger partial charge in [0.05, 0.1) is 39.0 Å². The van der Waals surface area contributed by atoms with Gasteiger partial charge >= 0.3 is 0 Å². The number of benzene rings is 2. The summed E-state index contributed by atoms with van der Waals surface area (Å²) in [5.74, 6) is 0.553. The highest BCUT2D eigenvalue weighted by Gasteiger charge is 2.32. The van der Waals surface area contributed by atoms with Crippen molar-refractivity contribution >= 4 is 23.6 Å². The zero-order chi connectivity index (χ0) is 21.0. The molecule has 2 aromatic carbocycles. The van der Waals surface area contributed by atoms with Crippen LogP contribution in [0.2, 0.25) is 0 Å². The summed E-state index contributed by atoms with van der Waals surface area (Å²) in [5.41, 5.74) is 2.28. The Labute approximate surface area is 169 Å². The van der Waals surface area contributed by atoms with Crippen LogP contribution in [0.4, 0.5) is 0 Å². The molecule has 0 spiro atoms. The number of carbonyl (C=O) groups is 2. The molecule has 2 amide bonds. The fraction of sp³-hybridized carbons (Fsp3) is 0.227. The summed E-state index contributed by atoms with van der Waals surface area (Å²) in [7, 11) is 4.56. The van der Waals surface area contributed by atoms with Gasteiger partial charge in [0.2, 0.25) is 5.75 Å². The summed E-state index contributed by atoms with van der Waals surface area (Å²) in [5, 5.41) is 5.08. The number of rotatable bonds is 6. The normalized spacial score (nSPS) is 14.8. The molecule has 29 heavy (non-hydrogen) atoms. The Morgan fingerprint density at radius 2 is 1.66 bits per heavy atom. The third kappa shape index (κ3) is 4.13. The summed E-state index contributed by atoms with van der Waals surface area (Å²) < 4.78 is 16.0. The average molecular weight is 394 g/mol. The maximum Gasteiger partial charge on any atom is 0.283 e. The van der Waals surface area contributed by atoms with Crippen LogP contribution in [0.15, 0.2) is 53.1 Å². The SMILES string of the molecule is COc1cc(/C=C2/C(=O)N(C(=O)Cc3ccccc3)N=C2C)cc(OC)c1OC. The molecule has 3 rings (SSSR count). The van der Waals surface area contributed by atoms with Crippen LogP contribution in [-0.4, -0.2) is 43.9 Å². The molecule has 0 atom stereocenters. The van der Waals surface area contributed by atoms with Crippen LogP contribution in [0, 0.1) is 0 Å². The Morgan fingerprint density at radius 1 is 1.03 bits per heavy atom. The predicted octanol–water partition coefficient (Wildman–Crippen LogP) is 3.08. The molecule has 2 aromatic rings. The predicted molar refractivity (Wildman–Crippen MR) is 109 cm³/mol. The minimum Gasteiger partial charge on any atom is -0.493 e. The minimum absolute atomic E-state index is 0.0980. The quantitative estimate of drug-likeness (QED) is 0.704. The molecular weight excluding hydrogens is 372 g/mol. The number of hydrazone groups is 1. The van der Waals surface area contributed by atoms with Crippen molar-refractivity contribution in [2.24, 2.45) is 5.10 Å². The van der Waals surface area contributed by atoms with Gasteiger partial charge < -0.3 is 14.2 Å². The molecule has 0 aromatic heterocycles. The molecule has 7 heteroatoms. The largest absolute Gasteiger partial charge is 0.493 e. The molecule has 7 nitrogen and oxygen atoms in total. The average Bonchev–Trinajstić information content (AvgIpc) is 3.02. The maximum atomic E-state index is 12.8. The molecule has 1 aliphatic heterocycles. The molecule has 1 aliphatic rings. The Kier molecular flexibility index (Phi) is 5.97. The lowest BCUT2D eigenvalue weighted by molar-refractivity contribution is -0.141. The second-order valence-electron chi connectivity index (χ2n) is 6.38. The lowest BCUT2D eigenvalue weighted by Gasteiger charge is -2.13. The van der Waals surface area contributed by atoms with E-state index in [4.69, 9.17) is 14.2 Å². The third-order valence-corrected chi connectivity index (χ3v) is 4.50.